The van der Waals surface area contributed by atoms with E-state index in [1.165, 1.54) is 0 Å². The van der Waals surface area contributed by atoms with E-state index in [9.17, 15) is 4.57 Å². The topological polar surface area (TPSA) is 35.5 Å². The van der Waals surface area contributed by atoms with Crippen LogP contribution in [0.3, 0.4) is 0 Å². The largest absolute Gasteiger partial charge is 0.359 e. The molecule has 15 heavy (non-hydrogen) atoms. The molecule has 1 heterocycles. The van der Waals surface area contributed by atoms with Gasteiger partial charge in [0.2, 0.25) is 0 Å². The fourth-order valence-electron chi connectivity index (χ4n) is 1.48. The molecule has 0 N–H and O–H groups in total. The van der Waals surface area contributed by atoms with Gasteiger partial charge in [-0.15, -0.1) is 6.58 Å². The fraction of sp³-hybridized carbons (Fsp3) is 0.600. The predicted octanol–water partition coefficient (Wildman–Crippen LogP) is 4.21. The van der Waals surface area contributed by atoms with Crippen molar-refractivity contribution in [2.24, 2.45) is 0 Å². The Kier molecular flexibility index (Phi) is 3.99. The van der Waals surface area contributed by atoms with E-state index in [4.69, 9.17) is 9.05 Å². The third-order valence-corrected chi connectivity index (χ3v) is 6.20. The molecule has 1 aliphatic rings. The van der Waals surface area contributed by atoms with Crippen molar-refractivity contribution < 1.29 is 13.6 Å². The first kappa shape index (κ1) is 13.2. The summed E-state index contributed by atoms with van der Waals surface area (Å²) in [6.07, 6.45) is 2.22. The van der Waals surface area contributed by atoms with Gasteiger partial charge in [-0.25, -0.2) is 0 Å². The van der Waals surface area contributed by atoms with Crippen molar-refractivity contribution in [3.63, 3.8) is 0 Å². The van der Waals surface area contributed by atoms with Gasteiger partial charge in [-0.2, -0.15) is 0 Å². The standard InChI is InChI=1S/C10H16BrO3P/c1-5-7-8-9(11)10(3,4)14-15(8,12)13-6-2/h5H,1,6-7H2,2-4H3. The molecule has 5 heteroatoms. The summed E-state index contributed by atoms with van der Waals surface area (Å²) in [5, 5.41) is 0.685. The van der Waals surface area contributed by atoms with E-state index in [2.05, 4.69) is 22.5 Å². The first-order chi connectivity index (χ1) is 6.87. The second kappa shape index (κ2) is 4.54. The molecule has 86 valence electrons. The van der Waals surface area contributed by atoms with E-state index < -0.39 is 13.2 Å². The molecule has 0 spiro atoms. The molecule has 0 aliphatic carbocycles. The van der Waals surface area contributed by atoms with Crippen LogP contribution in [0.25, 0.3) is 0 Å². The lowest BCUT2D eigenvalue weighted by Gasteiger charge is -2.20. The van der Waals surface area contributed by atoms with Crippen molar-refractivity contribution in [3.8, 4) is 0 Å². The summed E-state index contributed by atoms with van der Waals surface area (Å²) in [6.45, 7) is 9.53. The van der Waals surface area contributed by atoms with Crippen LogP contribution in [0.5, 0.6) is 0 Å². The maximum atomic E-state index is 12.4. The van der Waals surface area contributed by atoms with Crippen molar-refractivity contribution in [1.82, 2.24) is 0 Å². The molecular weight excluding hydrogens is 279 g/mol. The van der Waals surface area contributed by atoms with Crippen LogP contribution in [0.1, 0.15) is 27.2 Å². The lowest BCUT2D eigenvalue weighted by Crippen LogP contribution is -2.18. The predicted molar refractivity (Wildman–Crippen MR) is 65.2 cm³/mol. The van der Waals surface area contributed by atoms with Gasteiger partial charge in [0.1, 0.15) is 5.60 Å². The molecule has 3 nitrogen and oxygen atoms in total. The number of allylic oxidation sites excluding steroid dienone is 2. The van der Waals surface area contributed by atoms with Crippen molar-refractivity contribution in [3.05, 3.63) is 22.5 Å². The monoisotopic (exact) mass is 294 g/mol. The summed E-state index contributed by atoms with van der Waals surface area (Å²) >= 11 is 3.43. The molecule has 1 unspecified atom stereocenters. The van der Waals surface area contributed by atoms with E-state index in [1.54, 1.807) is 13.0 Å². The van der Waals surface area contributed by atoms with E-state index in [-0.39, 0.29) is 0 Å². The average Bonchev–Trinajstić information content (AvgIpc) is 2.26. The third kappa shape index (κ3) is 2.44. The second-order valence-electron chi connectivity index (χ2n) is 3.77. The minimum Gasteiger partial charge on any atom is -0.306 e. The van der Waals surface area contributed by atoms with Gasteiger partial charge >= 0.3 is 7.60 Å². The van der Waals surface area contributed by atoms with Crippen LogP contribution in [-0.4, -0.2) is 12.2 Å². The molecule has 0 bridgehead atoms. The van der Waals surface area contributed by atoms with Gasteiger partial charge in [-0.05, 0) is 27.2 Å². The Morgan fingerprint density at radius 2 is 2.27 bits per heavy atom. The van der Waals surface area contributed by atoms with E-state index in [0.717, 1.165) is 4.48 Å². The minimum atomic E-state index is -3.11. The third-order valence-electron chi connectivity index (χ3n) is 2.10. The maximum absolute atomic E-state index is 12.4. The first-order valence-corrected chi connectivity index (χ1v) is 7.17. The Balaban J connectivity index is 3.14. The summed E-state index contributed by atoms with van der Waals surface area (Å²) < 4.78 is 24.0. The summed E-state index contributed by atoms with van der Waals surface area (Å²) in [5.74, 6) is 0. The van der Waals surface area contributed by atoms with Crippen LogP contribution in [-0.2, 0) is 13.6 Å². The molecule has 0 saturated carbocycles. The molecule has 1 atom stereocenters. The van der Waals surface area contributed by atoms with Crippen molar-refractivity contribution in [1.29, 1.82) is 0 Å². The zero-order chi connectivity index (χ0) is 11.7. The molecule has 0 saturated heterocycles. The summed E-state index contributed by atoms with van der Waals surface area (Å²) in [7, 11) is -3.11. The highest BCUT2D eigenvalue weighted by Gasteiger charge is 2.47. The Morgan fingerprint density at radius 1 is 1.67 bits per heavy atom. The lowest BCUT2D eigenvalue weighted by atomic mass is 10.1. The highest BCUT2D eigenvalue weighted by molar-refractivity contribution is 9.11. The molecule has 0 radical (unpaired) electrons. The zero-order valence-electron chi connectivity index (χ0n) is 9.25. The van der Waals surface area contributed by atoms with Crippen LogP contribution in [0.4, 0.5) is 0 Å². The van der Waals surface area contributed by atoms with E-state index >= 15 is 0 Å². The van der Waals surface area contributed by atoms with Crippen molar-refractivity contribution >= 4 is 23.5 Å². The van der Waals surface area contributed by atoms with Gasteiger partial charge in [-0.1, -0.05) is 22.0 Å². The van der Waals surface area contributed by atoms with Gasteiger partial charge in [0.25, 0.3) is 0 Å². The highest BCUT2D eigenvalue weighted by atomic mass is 79.9. The Morgan fingerprint density at radius 3 is 2.73 bits per heavy atom. The summed E-state index contributed by atoms with van der Waals surface area (Å²) in [4.78, 5) is 0. The Labute approximate surface area is 99.2 Å². The lowest BCUT2D eigenvalue weighted by molar-refractivity contribution is 0.134. The average molecular weight is 295 g/mol. The van der Waals surface area contributed by atoms with E-state index in [1.807, 2.05) is 13.8 Å². The molecule has 0 aromatic heterocycles. The molecule has 0 fully saturated rings. The van der Waals surface area contributed by atoms with Crippen molar-refractivity contribution in [2.75, 3.05) is 6.61 Å². The second-order valence-corrected chi connectivity index (χ2v) is 6.54. The zero-order valence-corrected chi connectivity index (χ0v) is 11.7. The van der Waals surface area contributed by atoms with Crippen LogP contribution >= 0.6 is 23.5 Å². The van der Waals surface area contributed by atoms with Gasteiger partial charge in [0, 0.05) is 4.48 Å². The molecule has 0 aromatic carbocycles. The smallest absolute Gasteiger partial charge is 0.306 e. The minimum absolute atomic E-state index is 0.369. The van der Waals surface area contributed by atoms with Gasteiger partial charge in [-0.3, -0.25) is 9.09 Å². The SMILES string of the molecule is C=CCC1=C(Br)C(C)(C)OP1(=O)OCC. The number of halogens is 1. The Bertz CT molecular complexity index is 347. The van der Waals surface area contributed by atoms with Crippen LogP contribution < -0.4 is 0 Å². The normalized spacial score (nSPS) is 29.6. The first-order valence-electron chi connectivity index (χ1n) is 4.83. The molecule has 1 aliphatic heterocycles. The summed E-state index contributed by atoms with van der Waals surface area (Å²) in [5.41, 5.74) is -0.580. The van der Waals surface area contributed by atoms with Crippen LogP contribution in [0.2, 0.25) is 0 Å². The molecule has 1 rings (SSSR count). The van der Waals surface area contributed by atoms with E-state index in [0.29, 0.717) is 18.3 Å². The highest BCUT2D eigenvalue weighted by Crippen LogP contribution is 2.68. The number of rotatable bonds is 4. The fourth-order valence-corrected chi connectivity index (χ4v) is 4.71. The summed E-state index contributed by atoms with van der Waals surface area (Å²) in [6, 6.07) is 0. The van der Waals surface area contributed by atoms with Gasteiger partial charge < -0.3 is 4.52 Å². The van der Waals surface area contributed by atoms with Gasteiger partial charge in [0.15, 0.2) is 0 Å². The molecule has 0 amide bonds. The van der Waals surface area contributed by atoms with Gasteiger partial charge in [0.05, 0.1) is 11.9 Å². The molecular formula is C10H16BrO3P. The Hall–Kier alpha value is 0.110. The maximum Gasteiger partial charge on any atom is 0.359 e. The van der Waals surface area contributed by atoms with Crippen LogP contribution in [0, 0.1) is 0 Å². The number of hydrogen-bond donors (Lipinski definition) is 0. The molecule has 0 aromatic rings. The van der Waals surface area contributed by atoms with Crippen LogP contribution in [0.15, 0.2) is 22.5 Å². The van der Waals surface area contributed by atoms with Crippen molar-refractivity contribution in [2.45, 2.75) is 32.8 Å². The quantitative estimate of drug-likeness (QED) is 0.576. The number of hydrogen-bond acceptors (Lipinski definition) is 3.